The largest absolute Gasteiger partial charge is 0.398 e. The van der Waals surface area contributed by atoms with E-state index in [-0.39, 0.29) is 10.9 Å². The van der Waals surface area contributed by atoms with Gasteiger partial charge in [-0.25, -0.2) is 13.1 Å². The molecule has 0 bridgehead atoms. The van der Waals surface area contributed by atoms with Crippen LogP contribution < -0.4 is 10.5 Å². The highest BCUT2D eigenvalue weighted by atomic mass is 32.2. The second kappa shape index (κ2) is 5.48. The summed E-state index contributed by atoms with van der Waals surface area (Å²) < 4.78 is 27.3. The molecule has 1 aliphatic rings. The molecular weight excluding hydrogens is 262 g/mol. The average Bonchev–Trinajstić information content (AvgIpc) is 2.32. The van der Waals surface area contributed by atoms with E-state index in [1.807, 2.05) is 14.0 Å². The molecule has 1 aliphatic heterocycles. The molecule has 2 rings (SSSR count). The van der Waals surface area contributed by atoms with Gasteiger partial charge in [-0.15, -0.1) is 0 Å². The molecule has 1 saturated heterocycles. The van der Waals surface area contributed by atoms with Crippen LogP contribution in [0.25, 0.3) is 0 Å². The van der Waals surface area contributed by atoms with Crippen LogP contribution in [0.2, 0.25) is 0 Å². The van der Waals surface area contributed by atoms with Gasteiger partial charge in [-0.1, -0.05) is 6.07 Å². The van der Waals surface area contributed by atoms with Crippen molar-refractivity contribution >= 4 is 15.7 Å². The van der Waals surface area contributed by atoms with E-state index in [4.69, 9.17) is 5.73 Å². The topological polar surface area (TPSA) is 75.4 Å². The van der Waals surface area contributed by atoms with Crippen molar-refractivity contribution in [2.24, 2.45) is 0 Å². The molecule has 1 atom stereocenters. The number of likely N-dealkylation sites (N-methyl/N-ethyl adjacent to an activating group) is 1. The number of nitrogens with one attached hydrogen (secondary N) is 1. The Balaban J connectivity index is 2.15. The van der Waals surface area contributed by atoms with Crippen LogP contribution in [0.4, 0.5) is 5.69 Å². The first-order valence-electron chi connectivity index (χ1n) is 6.45. The second-order valence-corrected chi connectivity index (χ2v) is 6.96. The van der Waals surface area contributed by atoms with E-state index in [9.17, 15) is 8.42 Å². The van der Waals surface area contributed by atoms with Crippen molar-refractivity contribution < 1.29 is 8.42 Å². The Morgan fingerprint density at radius 3 is 2.79 bits per heavy atom. The van der Waals surface area contributed by atoms with Gasteiger partial charge >= 0.3 is 0 Å². The molecular formula is C13H21N3O2S. The Morgan fingerprint density at radius 2 is 2.16 bits per heavy atom. The maximum Gasteiger partial charge on any atom is 0.240 e. The summed E-state index contributed by atoms with van der Waals surface area (Å²) in [4.78, 5) is 2.38. The van der Waals surface area contributed by atoms with E-state index in [1.54, 1.807) is 12.1 Å². The molecule has 6 heteroatoms. The number of anilines is 1. The maximum absolute atomic E-state index is 12.3. The van der Waals surface area contributed by atoms with Crippen LogP contribution in [0.3, 0.4) is 0 Å². The highest BCUT2D eigenvalue weighted by molar-refractivity contribution is 7.89. The Morgan fingerprint density at radius 1 is 1.42 bits per heavy atom. The number of nitrogen functional groups attached to an aromatic ring is 1. The zero-order valence-corrected chi connectivity index (χ0v) is 12.2. The fourth-order valence-electron chi connectivity index (χ4n) is 2.34. The van der Waals surface area contributed by atoms with Gasteiger partial charge in [0.2, 0.25) is 10.0 Å². The van der Waals surface area contributed by atoms with E-state index in [0.29, 0.717) is 5.69 Å². The molecule has 19 heavy (non-hydrogen) atoms. The number of likely N-dealkylation sites (tertiary alicyclic amines) is 1. The number of sulfonamides is 1. The van der Waals surface area contributed by atoms with Gasteiger partial charge in [-0.05, 0) is 51.1 Å². The molecule has 106 valence electrons. The van der Waals surface area contributed by atoms with E-state index in [1.165, 1.54) is 6.07 Å². The Labute approximate surface area is 114 Å². The predicted molar refractivity (Wildman–Crippen MR) is 76.4 cm³/mol. The van der Waals surface area contributed by atoms with Crippen molar-refractivity contribution in [3.8, 4) is 0 Å². The van der Waals surface area contributed by atoms with Crippen LogP contribution in [-0.2, 0) is 10.0 Å². The minimum absolute atomic E-state index is 0.0220. The van der Waals surface area contributed by atoms with E-state index < -0.39 is 10.0 Å². The summed E-state index contributed by atoms with van der Waals surface area (Å²) in [5.74, 6) is 0. The lowest BCUT2D eigenvalue weighted by molar-refractivity contribution is 0.242. The van der Waals surface area contributed by atoms with Gasteiger partial charge in [0.25, 0.3) is 0 Å². The molecule has 0 spiro atoms. The summed E-state index contributed by atoms with van der Waals surface area (Å²) in [5.41, 5.74) is 7.16. The monoisotopic (exact) mass is 283 g/mol. The molecule has 0 aliphatic carbocycles. The van der Waals surface area contributed by atoms with Crippen molar-refractivity contribution in [1.29, 1.82) is 0 Å². The number of rotatable bonds is 3. The highest BCUT2D eigenvalue weighted by Gasteiger charge is 2.23. The number of benzene rings is 1. The molecule has 0 radical (unpaired) electrons. The SMILES string of the molecule is Cc1ccc(S(=O)(=O)NC2CCCN(C)C2)cc1N. The highest BCUT2D eigenvalue weighted by Crippen LogP contribution is 2.18. The van der Waals surface area contributed by atoms with Gasteiger partial charge in [0.05, 0.1) is 4.90 Å². The van der Waals surface area contributed by atoms with Crippen LogP contribution in [0, 0.1) is 6.92 Å². The quantitative estimate of drug-likeness (QED) is 0.810. The third-order valence-electron chi connectivity index (χ3n) is 3.51. The molecule has 1 fully saturated rings. The summed E-state index contributed by atoms with van der Waals surface area (Å²) in [6.07, 6.45) is 1.89. The summed E-state index contributed by atoms with van der Waals surface area (Å²) in [7, 11) is -1.47. The van der Waals surface area contributed by atoms with Crippen molar-refractivity contribution in [3.05, 3.63) is 23.8 Å². The Hall–Kier alpha value is -1.11. The minimum Gasteiger partial charge on any atom is -0.398 e. The van der Waals surface area contributed by atoms with E-state index in [0.717, 1.165) is 31.5 Å². The predicted octanol–water partition coefficient (Wildman–Crippen LogP) is 0.950. The molecule has 5 nitrogen and oxygen atoms in total. The lowest BCUT2D eigenvalue weighted by Crippen LogP contribution is -2.46. The first-order valence-corrected chi connectivity index (χ1v) is 7.94. The molecule has 1 heterocycles. The van der Waals surface area contributed by atoms with Crippen LogP contribution in [-0.4, -0.2) is 39.5 Å². The smallest absolute Gasteiger partial charge is 0.240 e. The molecule has 3 N–H and O–H groups in total. The summed E-state index contributed by atoms with van der Waals surface area (Å²) in [6.45, 7) is 3.63. The standard InChI is InChI=1S/C13H21N3O2S/c1-10-5-6-12(8-13(10)14)19(17,18)15-11-4-3-7-16(2)9-11/h5-6,8,11,15H,3-4,7,9,14H2,1-2H3. The second-order valence-electron chi connectivity index (χ2n) is 5.24. The van der Waals surface area contributed by atoms with Crippen LogP contribution in [0.5, 0.6) is 0 Å². The number of hydrogen-bond acceptors (Lipinski definition) is 4. The third-order valence-corrected chi connectivity index (χ3v) is 5.03. The molecule has 1 aromatic rings. The minimum atomic E-state index is -3.48. The number of nitrogens with two attached hydrogens (primary N) is 1. The average molecular weight is 283 g/mol. The van der Waals surface area contributed by atoms with Gasteiger partial charge in [0.15, 0.2) is 0 Å². The lowest BCUT2D eigenvalue weighted by Gasteiger charge is -2.30. The summed E-state index contributed by atoms with van der Waals surface area (Å²) in [5, 5.41) is 0. The number of nitrogens with zero attached hydrogens (tertiary/aromatic N) is 1. The maximum atomic E-state index is 12.3. The molecule has 1 unspecified atom stereocenters. The first kappa shape index (κ1) is 14.3. The fourth-order valence-corrected chi connectivity index (χ4v) is 3.63. The van der Waals surface area contributed by atoms with Gasteiger partial charge in [0, 0.05) is 18.3 Å². The molecule has 0 saturated carbocycles. The van der Waals surface area contributed by atoms with Gasteiger partial charge < -0.3 is 10.6 Å². The Bertz CT molecular complexity index is 557. The Kier molecular flexibility index (Phi) is 4.13. The third kappa shape index (κ3) is 3.46. The number of hydrogen-bond donors (Lipinski definition) is 2. The number of aryl methyl sites for hydroxylation is 1. The molecule has 1 aromatic carbocycles. The molecule has 0 amide bonds. The van der Waals surface area contributed by atoms with Crippen LogP contribution in [0.1, 0.15) is 18.4 Å². The van der Waals surface area contributed by atoms with Crippen LogP contribution >= 0.6 is 0 Å². The number of piperidine rings is 1. The normalized spacial score (nSPS) is 21.5. The zero-order chi connectivity index (χ0) is 14.0. The van der Waals surface area contributed by atoms with Gasteiger partial charge in [-0.3, -0.25) is 0 Å². The van der Waals surface area contributed by atoms with E-state index >= 15 is 0 Å². The van der Waals surface area contributed by atoms with Crippen molar-refractivity contribution in [2.45, 2.75) is 30.7 Å². The van der Waals surface area contributed by atoms with Crippen molar-refractivity contribution in [1.82, 2.24) is 9.62 Å². The molecule has 0 aromatic heterocycles. The van der Waals surface area contributed by atoms with Crippen molar-refractivity contribution in [3.63, 3.8) is 0 Å². The van der Waals surface area contributed by atoms with E-state index in [2.05, 4.69) is 9.62 Å². The fraction of sp³-hybridized carbons (Fsp3) is 0.538. The summed E-state index contributed by atoms with van der Waals surface area (Å²) in [6, 6.07) is 4.83. The lowest BCUT2D eigenvalue weighted by atomic mass is 10.1. The van der Waals surface area contributed by atoms with Crippen LogP contribution in [0.15, 0.2) is 23.1 Å². The first-order chi connectivity index (χ1) is 8.88. The van der Waals surface area contributed by atoms with Gasteiger partial charge in [-0.2, -0.15) is 0 Å². The zero-order valence-electron chi connectivity index (χ0n) is 11.4. The van der Waals surface area contributed by atoms with Crippen molar-refractivity contribution in [2.75, 3.05) is 25.9 Å². The summed E-state index contributed by atoms with van der Waals surface area (Å²) >= 11 is 0. The van der Waals surface area contributed by atoms with Gasteiger partial charge in [0.1, 0.15) is 0 Å².